The van der Waals surface area contributed by atoms with E-state index >= 15 is 0 Å². The van der Waals surface area contributed by atoms with E-state index in [0.29, 0.717) is 5.69 Å². The summed E-state index contributed by atoms with van der Waals surface area (Å²) in [5, 5.41) is 9.26. The van der Waals surface area contributed by atoms with Crippen LogP contribution < -0.4 is 9.64 Å². The molecule has 4 nitrogen and oxygen atoms in total. The van der Waals surface area contributed by atoms with Crippen molar-refractivity contribution in [1.82, 2.24) is 0 Å². The van der Waals surface area contributed by atoms with Crippen LogP contribution in [0, 0.1) is 13.8 Å². The van der Waals surface area contributed by atoms with Gasteiger partial charge in [0.15, 0.2) is 6.61 Å². The molecule has 0 spiro atoms. The average molecular weight is 285 g/mol. The van der Waals surface area contributed by atoms with Gasteiger partial charge in [0.1, 0.15) is 11.5 Å². The Balaban J connectivity index is 2.01. The minimum Gasteiger partial charge on any atom is -0.508 e. The van der Waals surface area contributed by atoms with Crippen molar-refractivity contribution < 1.29 is 14.6 Å². The molecule has 0 saturated carbocycles. The highest BCUT2D eigenvalue weighted by Gasteiger charge is 2.12. The average Bonchev–Trinajstić information content (AvgIpc) is 2.48. The van der Waals surface area contributed by atoms with Gasteiger partial charge in [-0.1, -0.05) is 12.1 Å². The van der Waals surface area contributed by atoms with Crippen LogP contribution in [-0.2, 0) is 4.79 Å². The number of rotatable bonds is 4. The summed E-state index contributed by atoms with van der Waals surface area (Å²) in [7, 11) is 1.68. The number of anilines is 1. The minimum atomic E-state index is -0.151. The molecule has 1 amide bonds. The Labute approximate surface area is 124 Å². The summed E-state index contributed by atoms with van der Waals surface area (Å²) < 4.78 is 5.61. The molecule has 0 aromatic heterocycles. The van der Waals surface area contributed by atoms with Crippen LogP contribution in [0.5, 0.6) is 11.5 Å². The lowest BCUT2D eigenvalue weighted by Crippen LogP contribution is -2.31. The number of benzene rings is 2. The first-order chi connectivity index (χ1) is 9.97. The Bertz CT molecular complexity index is 635. The molecule has 0 fully saturated rings. The molecular formula is C17H19NO3. The molecule has 0 aliphatic carbocycles. The van der Waals surface area contributed by atoms with Gasteiger partial charge in [0.25, 0.3) is 5.91 Å². The molecule has 1 N–H and O–H groups in total. The first-order valence-corrected chi connectivity index (χ1v) is 6.73. The number of hydrogen-bond donors (Lipinski definition) is 1. The minimum absolute atomic E-state index is 0.0261. The molecule has 0 aliphatic heterocycles. The van der Waals surface area contributed by atoms with Crippen LogP contribution in [0.4, 0.5) is 5.69 Å². The number of phenols is 1. The van der Waals surface area contributed by atoms with Gasteiger partial charge in [0.05, 0.1) is 0 Å². The second kappa shape index (κ2) is 6.31. The van der Waals surface area contributed by atoms with Crippen LogP contribution in [0.3, 0.4) is 0 Å². The molecule has 0 heterocycles. The second-order valence-corrected chi connectivity index (χ2v) is 5.03. The lowest BCUT2D eigenvalue weighted by Gasteiger charge is -2.18. The van der Waals surface area contributed by atoms with Crippen molar-refractivity contribution in [3.8, 4) is 11.5 Å². The van der Waals surface area contributed by atoms with Gasteiger partial charge in [0, 0.05) is 12.7 Å². The molecule has 2 rings (SSSR count). The third kappa shape index (κ3) is 3.75. The van der Waals surface area contributed by atoms with Gasteiger partial charge in [0.2, 0.25) is 0 Å². The van der Waals surface area contributed by atoms with Gasteiger partial charge in [-0.05, 0) is 55.3 Å². The normalized spacial score (nSPS) is 10.2. The molecule has 0 radical (unpaired) electrons. The Kier molecular flexibility index (Phi) is 4.48. The number of carbonyl (C=O) groups excluding carboxylic acids is 1. The van der Waals surface area contributed by atoms with Crippen LogP contribution in [0.2, 0.25) is 0 Å². The summed E-state index contributed by atoms with van der Waals surface area (Å²) in [6, 6.07) is 12.4. The van der Waals surface area contributed by atoms with E-state index in [1.54, 1.807) is 31.3 Å². The Hall–Kier alpha value is -2.49. The zero-order valence-corrected chi connectivity index (χ0v) is 12.5. The van der Waals surface area contributed by atoms with E-state index in [4.69, 9.17) is 4.74 Å². The van der Waals surface area contributed by atoms with Crippen LogP contribution in [-0.4, -0.2) is 24.7 Å². The van der Waals surface area contributed by atoms with Gasteiger partial charge >= 0.3 is 0 Å². The van der Waals surface area contributed by atoms with Gasteiger partial charge in [-0.15, -0.1) is 0 Å². The summed E-state index contributed by atoms with van der Waals surface area (Å²) in [6.07, 6.45) is 0. The van der Waals surface area contributed by atoms with Crippen molar-refractivity contribution in [3.05, 3.63) is 53.6 Å². The fraction of sp³-hybridized carbons (Fsp3) is 0.235. The topological polar surface area (TPSA) is 49.8 Å². The summed E-state index contributed by atoms with van der Waals surface area (Å²) >= 11 is 0. The van der Waals surface area contributed by atoms with E-state index < -0.39 is 0 Å². The zero-order valence-electron chi connectivity index (χ0n) is 12.5. The highest BCUT2D eigenvalue weighted by atomic mass is 16.5. The van der Waals surface area contributed by atoms with Crippen LogP contribution in [0.15, 0.2) is 42.5 Å². The maximum atomic E-state index is 12.1. The number of carbonyl (C=O) groups is 1. The highest BCUT2D eigenvalue weighted by molar-refractivity contribution is 5.93. The summed E-state index contributed by atoms with van der Waals surface area (Å²) in [6.45, 7) is 3.90. The molecule has 110 valence electrons. The molecule has 0 aliphatic rings. The molecule has 0 saturated heterocycles. The number of amides is 1. The molecule has 2 aromatic rings. The predicted molar refractivity (Wildman–Crippen MR) is 82.9 cm³/mol. The molecule has 0 atom stereocenters. The summed E-state index contributed by atoms with van der Waals surface area (Å²) in [5.74, 6) is 0.746. The summed E-state index contributed by atoms with van der Waals surface area (Å²) in [4.78, 5) is 13.6. The monoisotopic (exact) mass is 285 g/mol. The fourth-order valence-corrected chi connectivity index (χ4v) is 1.92. The largest absolute Gasteiger partial charge is 0.508 e. The van der Waals surface area contributed by atoms with Crippen molar-refractivity contribution in [2.75, 3.05) is 18.6 Å². The third-order valence-corrected chi connectivity index (χ3v) is 3.31. The number of hydrogen-bond acceptors (Lipinski definition) is 3. The van der Waals surface area contributed by atoms with Gasteiger partial charge in [-0.2, -0.15) is 0 Å². The van der Waals surface area contributed by atoms with E-state index in [2.05, 4.69) is 0 Å². The second-order valence-electron chi connectivity index (χ2n) is 5.03. The first kappa shape index (κ1) is 14.9. The van der Waals surface area contributed by atoms with Crippen LogP contribution >= 0.6 is 0 Å². The Morgan fingerprint density at radius 3 is 2.48 bits per heavy atom. The number of aryl methyl sites for hydroxylation is 2. The number of nitrogens with zero attached hydrogens (tertiary/aromatic N) is 1. The van der Waals surface area contributed by atoms with Gasteiger partial charge in [-0.25, -0.2) is 0 Å². The fourth-order valence-electron chi connectivity index (χ4n) is 1.92. The standard InChI is InChI=1S/C17H19NO3/c1-12-4-5-13(2)16(10-12)21-11-17(20)18(3)14-6-8-15(19)9-7-14/h4-10,19H,11H2,1-3H3. The van der Waals surface area contributed by atoms with Crippen molar-refractivity contribution in [3.63, 3.8) is 0 Å². The van der Waals surface area contributed by atoms with E-state index in [0.717, 1.165) is 16.9 Å². The van der Waals surface area contributed by atoms with Crippen LogP contribution in [0.25, 0.3) is 0 Å². The molecule has 0 bridgehead atoms. The predicted octanol–water partition coefficient (Wildman–Crippen LogP) is 3.05. The quantitative estimate of drug-likeness (QED) is 0.939. The van der Waals surface area contributed by atoms with Crippen molar-refractivity contribution >= 4 is 11.6 Å². The lowest BCUT2D eigenvalue weighted by atomic mass is 10.1. The van der Waals surface area contributed by atoms with Gasteiger partial charge < -0.3 is 14.7 Å². The zero-order chi connectivity index (χ0) is 15.4. The first-order valence-electron chi connectivity index (χ1n) is 6.73. The lowest BCUT2D eigenvalue weighted by molar-refractivity contribution is -0.120. The summed E-state index contributed by atoms with van der Waals surface area (Å²) in [5.41, 5.74) is 2.80. The Morgan fingerprint density at radius 1 is 1.14 bits per heavy atom. The molecule has 0 unspecified atom stereocenters. The van der Waals surface area contributed by atoms with E-state index in [9.17, 15) is 9.90 Å². The number of phenolic OH excluding ortho intramolecular Hbond substituents is 1. The van der Waals surface area contributed by atoms with Crippen molar-refractivity contribution in [1.29, 1.82) is 0 Å². The molecule has 4 heteroatoms. The van der Waals surface area contributed by atoms with E-state index in [1.165, 1.54) is 4.90 Å². The van der Waals surface area contributed by atoms with E-state index in [1.807, 2.05) is 32.0 Å². The van der Waals surface area contributed by atoms with Crippen LogP contribution in [0.1, 0.15) is 11.1 Å². The van der Waals surface area contributed by atoms with Crippen molar-refractivity contribution in [2.24, 2.45) is 0 Å². The Morgan fingerprint density at radius 2 is 1.81 bits per heavy atom. The highest BCUT2D eigenvalue weighted by Crippen LogP contribution is 2.20. The van der Waals surface area contributed by atoms with E-state index in [-0.39, 0.29) is 18.3 Å². The number of likely N-dealkylation sites (N-methyl/N-ethyl adjacent to an activating group) is 1. The molecule has 21 heavy (non-hydrogen) atoms. The number of ether oxygens (including phenoxy) is 1. The molecular weight excluding hydrogens is 266 g/mol. The number of aromatic hydroxyl groups is 1. The third-order valence-electron chi connectivity index (χ3n) is 3.31. The maximum Gasteiger partial charge on any atom is 0.264 e. The van der Waals surface area contributed by atoms with Crippen molar-refractivity contribution in [2.45, 2.75) is 13.8 Å². The van der Waals surface area contributed by atoms with Gasteiger partial charge in [-0.3, -0.25) is 4.79 Å². The molecule has 2 aromatic carbocycles. The maximum absolute atomic E-state index is 12.1. The smallest absolute Gasteiger partial charge is 0.264 e. The SMILES string of the molecule is Cc1ccc(C)c(OCC(=O)N(C)c2ccc(O)cc2)c1.